The van der Waals surface area contributed by atoms with E-state index < -0.39 is 0 Å². The van der Waals surface area contributed by atoms with Crippen LogP contribution in [0.5, 0.6) is 0 Å². The third-order valence-electron chi connectivity index (χ3n) is 3.35. The van der Waals surface area contributed by atoms with Crippen LogP contribution in [-0.4, -0.2) is 34.4 Å². The molecule has 7 heteroatoms. The predicted molar refractivity (Wildman–Crippen MR) is 70.5 cm³/mol. The summed E-state index contributed by atoms with van der Waals surface area (Å²) in [6.45, 7) is 0.800. The lowest BCUT2D eigenvalue weighted by molar-refractivity contribution is 0.248. The van der Waals surface area contributed by atoms with Crippen LogP contribution in [0, 0.1) is 5.92 Å². The van der Waals surface area contributed by atoms with Crippen molar-refractivity contribution in [1.29, 1.82) is 0 Å². The minimum absolute atomic E-state index is 0.174. The quantitative estimate of drug-likeness (QED) is 0.544. The molecule has 96 valence electrons. The smallest absolute Gasteiger partial charge is 0.223 e. The molecule has 0 saturated heterocycles. The van der Waals surface area contributed by atoms with Gasteiger partial charge in [0.25, 0.3) is 0 Å². The van der Waals surface area contributed by atoms with Crippen molar-refractivity contribution in [2.45, 2.75) is 12.5 Å². The standard InChI is InChI=1S/C11H14ClN5O/c12-9-8-10(16-11(13)15-9)17(5-14-8)7-2-1-6(3-7)4-18/h1-2,6-7,14,18H,3-5H2,(H2,13,15,16)/t6-,7+/m1/s1. The van der Waals surface area contributed by atoms with Crippen molar-refractivity contribution in [2.75, 3.05) is 29.2 Å². The van der Waals surface area contributed by atoms with Gasteiger partial charge in [-0.05, 0) is 6.42 Å². The highest BCUT2D eigenvalue weighted by Gasteiger charge is 2.31. The van der Waals surface area contributed by atoms with E-state index in [-0.39, 0.29) is 24.5 Å². The Labute approximate surface area is 109 Å². The van der Waals surface area contributed by atoms with Gasteiger partial charge in [-0.2, -0.15) is 9.97 Å². The van der Waals surface area contributed by atoms with Crippen LogP contribution in [-0.2, 0) is 0 Å². The van der Waals surface area contributed by atoms with Crippen LogP contribution in [0.4, 0.5) is 17.5 Å². The van der Waals surface area contributed by atoms with Crippen molar-refractivity contribution in [3.63, 3.8) is 0 Å². The summed E-state index contributed by atoms with van der Waals surface area (Å²) in [5, 5.41) is 12.7. The zero-order valence-electron chi connectivity index (χ0n) is 9.67. The van der Waals surface area contributed by atoms with Gasteiger partial charge in [0.1, 0.15) is 5.69 Å². The van der Waals surface area contributed by atoms with Gasteiger partial charge in [0, 0.05) is 12.5 Å². The second-order valence-electron chi connectivity index (χ2n) is 4.51. The maximum Gasteiger partial charge on any atom is 0.223 e. The molecule has 0 radical (unpaired) electrons. The molecule has 2 aliphatic rings. The number of aliphatic hydroxyl groups excluding tert-OH is 1. The number of fused-ring (bicyclic) bond motifs is 1. The van der Waals surface area contributed by atoms with Gasteiger partial charge in [-0.1, -0.05) is 23.8 Å². The number of halogens is 1. The van der Waals surface area contributed by atoms with Crippen molar-refractivity contribution in [1.82, 2.24) is 9.97 Å². The zero-order chi connectivity index (χ0) is 12.7. The molecular weight excluding hydrogens is 254 g/mol. The molecule has 0 bridgehead atoms. The van der Waals surface area contributed by atoms with Crippen molar-refractivity contribution in [3.05, 3.63) is 17.3 Å². The fourth-order valence-corrected chi connectivity index (χ4v) is 2.67. The van der Waals surface area contributed by atoms with E-state index in [4.69, 9.17) is 22.4 Å². The number of anilines is 3. The molecule has 0 saturated carbocycles. The summed E-state index contributed by atoms with van der Waals surface area (Å²) < 4.78 is 0. The topological polar surface area (TPSA) is 87.3 Å². The molecule has 1 aromatic rings. The third kappa shape index (κ3) is 1.77. The lowest BCUT2D eigenvalue weighted by atomic mass is 10.1. The average Bonchev–Trinajstić information content (AvgIpc) is 2.93. The van der Waals surface area contributed by atoms with Crippen molar-refractivity contribution in [2.24, 2.45) is 5.92 Å². The summed E-state index contributed by atoms with van der Waals surface area (Å²) in [5.41, 5.74) is 6.36. The number of nitrogens with one attached hydrogen (secondary N) is 1. The van der Waals surface area contributed by atoms with Crippen molar-refractivity contribution >= 4 is 29.1 Å². The van der Waals surface area contributed by atoms with Crippen LogP contribution in [0.25, 0.3) is 0 Å². The van der Waals surface area contributed by atoms with Gasteiger partial charge in [0.05, 0.1) is 12.7 Å². The molecular formula is C11H14ClN5O. The van der Waals surface area contributed by atoms with Crippen LogP contribution < -0.4 is 16.0 Å². The summed E-state index contributed by atoms with van der Waals surface area (Å²) in [7, 11) is 0. The minimum Gasteiger partial charge on any atom is -0.396 e. The summed E-state index contributed by atoms with van der Waals surface area (Å²) >= 11 is 6.02. The van der Waals surface area contributed by atoms with E-state index >= 15 is 0 Å². The molecule has 2 atom stereocenters. The summed E-state index contributed by atoms with van der Waals surface area (Å²) in [4.78, 5) is 10.3. The molecule has 3 rings (SSSR count). The van der Waals surface area contributed by atoms with Crippen LogP contribution in [0.2, 0.25) is 5.15 Å². The number of nitrogens with zero attached hydrogens (tertiary/aromatic N) is 3. The first-order chi connectivity index (χ1) is 8.69. The number of hydrogen-bond donors (Lipinski definition) is 3. The molecule has 4 N–H and O–H groups in total. The van der Waals surface area contributed by atoms with E-state index in [1.807, 2.05) is 6.08 Å². The molecule has 18 heavy (non-hydrogen) atoms. The highest BCUT2D eigenvalue weighted by molar-refractivity contribution is 6.32. The highest BCUT2D eigenvalue weighted by Crippen LogP contribution is 2.38. The van der Waals surface area contributed by atoms with Crippen LogP contribution in [0.3, 0.4) is 0 Å². The Morgan fingerprint density at radius 1 is 1.50 bits per heavy atom. The van der Waals surface area contributed by atoms with Gasteiger partial charge in [-0.25, -0.2) is 0 Å². The molecule has 1 aliphatic carbocycles. The lowest BCUT2D eigenvalue weighted by Crippen LogP contribution is -2.33. The number of hydrogen-bond acceptors (Lipinski definition) is 6. The first-order valence-electron chi connectivity index (χ1n) is 5.81. The van der Waals surface area contributed by atoms with Crippen LogP contribution in [0.1, 0.15) is 6.42 Å². The SMILES string of the molecule is Nc1nc(Cl)c2c(n1)N([C@H]1C=C[C@@H](CO)C1)CN2. The van der Waals surface area contributed by atoms with Crippen LogP contribution >= 0.6 is 11.6 Å². The largest absolute Gasteiger partial charge is 0.396 e. The first-order valence-corrected chi connectivity index (χ1v) is 6.19. The second kappa shape index (κ2) is 4.29. The molecule has 0 amide bonds. The molecule has 0 fully saturated rings. The van der Waals surface area contributed by atoms with Crippen molar-refractivity contribution in [3.8, 4) is 0 Å². The number of aromatic nitrogens is 2. The Morgan fingerprint density at radius 3 is 3.06 bits per heavy atom. The van der Waals surface area contributed by atoms with Crippen LogP contribution in [0.15, 0.2) is 12.2 Å². The molecule has 0 unspecified atom stereocenters. The Balaban J connectivity index is 1.89. The van der Waals surface area contributed by atoms with Gasteiger partial charge >= 0.3 is 0 Å². The van der Waals surface area contributed by atoms with E-state index in [0.717, 1.165) is 17.9 Å². The second-order valence-corrected chi connectivity index (χ2v) is 4.86. The number of rotatable bonds is 2. The van der Waals surface area contributed by atoms with E-state index in [0.29, 0.717) is 11.8 Å². The van der Waals surface area contributed by atoms with Gasteiger partial charge in [0.15, 0.2) is 11.0 Å². The molecule has 0 spiro atoms. The van der Waals surface area contributed by atoms with Gasteiger partial charge < -0.3 is 21.1 Å². The lowest BCUT2D eigenvalue weighted by Gasteiger charge is -2.24. The Bertz CT molecular complexity index is 506. The molecule has 1 aliphatic heterocycles. The average molecular weight is 268 g/mol. The number of nitrogens with two attached hydrogens (primary N) is 1. The molecule has 6 nitrogen and oxygen atoms in total. The monoisotopic (exact) mass is 267 g/mol. The van der Waals surface area contributed by atoms with E-state index in [2.05, 4.69) is 26.3 Å². The van der Waals surface area contributed by atoms with E-state index in [9.17, 15) is 0 Å². The Kier molecular flexibility index (Phi) is 2.76. The van der Waals surface area contributed by atoms with Gasteiger partial charge in [-0.3, -0.25) is 0 Å². The van der Waals surface area contributed by atoms with Gasteiger partial charge in [-0.15, -0.1) is 0 Å². The fraction of sp³-hybridized carbons (Fsp3) is 0.455. The Morgan fingerprint density at radius 2 is 2.33 bits per heavy atom. The predicted octanol–water partition coefficient (Wildman–Crippen LogP) is 0.839. The maximum atomic E-state index is 9.16. The normalized spacial score (nSPS) is 25.3. The molecule has 1 aromatic heterocycles. The Hall–Kier alpha value is -1.53. The summed E-state index contributed by atoms with van der Waals surface area (Å²) in [5.74, 6) is 1.13. The summed E-state index contributed by atoms with van der Waals surface area (Å²) in [6, 6.07) is 0.210. The van der Waals surface area contributed by atoms with Crippen molar-refractivity contribution < 1.29 is 5.11 Å². The zero-order valence-corrected chi connectivity index (χ0v) is 10.4. The first kappa shape index (κ1) is 11.6. The minimum atomic E-state index is 0.174. The molecule has 0 aromatic carbocycles. The fourth-order valence-electron chi connectivity index (χ4n) is 2.43. The van der Waals surface area contributed by atoms with E-state index in [1.165, 1.54) is 0 Å². The van der Waals surface area contributed by atoms with E-state index in [1.54, 1.807) is 0 Å². The maximum absolute atomic E-state index is 9.16. The summed E-state index contributed by atoms with van der Waals surface area (Å²) in [6.07, 6.45) is 5.00. The number of nitrogen functional groups attached to an aromatic ring is 1. The van der Waals surface area contributed by atoms with Gasteiger partial charge in [0.2, 0.25) is 5.95 Å². The third-order valence-corrected chi connectivity index (χ3v) is 3.62. The highest BCUT2D eigenvalue weighted by atomic mass is 35.5. The number of aliphatic hydroxyl groups is 1. The molecule has 2 heterocycles.